The van der Waals surface area contributed by atoms with Gasteiger partial charge in [0.05, 0.1) is 5.41 Å². The molecule has 0 saturated carbocycles. The molecule has 0 aliphatic carbocycles. The Kier molecular flexibility index (Phi) is 4.70. The first-order chi connectivity index (χ1) is 8.78. The number of amides is 1. The summed E-state index contributed by atoms with van der Waals surface area (Å²) < 4.78 is 0. The van der Waals surface area contributed by atoms with Gasteiger partial charge in [-0.25, -0.2) is 4.79 Å². The van der Waals surface area contributed by atoms with E-state index in [-0.39, 0.29) is 5.91 Å². The molecule has 0 saturated heterocycles. The second-order valence-electron chi connectivity index (χ2n) is 5.26. The molecule has 0 aromatic heterocycles. The predicted molar refractivity (Wildman–Crippen MR) is 74.1 cm³/mol. The summed E-state index contributed by atoms with van der Waals surface area (Å²) in [6.45, 7) is 7.30. The van der Waals surface area contributed by atoms with E-state index in [4.69, 9.17) is 5.11 Å². The third-order valence-corrected chi connectivity index (χ3v) is 3.35. The zero-order valence-corrected chi connectivity index (χ0v) is 11.9. The number of carboxylic acids is 1. The number of hydrogen-bond donors (Lipinski definition) is 2. The topological polar surface area (TPSA) is 66.4 Å². The minimum Gasteiger partial charge on any atom is -0.480 e. The van der Waals surface area contributed by atoms with Gasteiger partial charge in [0.15, 0.2) is 0 Å². The van der Waals surface area contributed by atoms with E-state index >= 15 is 0 Å². The van der Waals surface area contributed by atoms with Crippen molar-refractivity contribution >= 4 is 11.9 Å². The van der Waals surface area contributed by atoms with Gasteiger partial charge in [-0.2, -0.15) is 0 Å². The predicted octanol–water partition coefficient (Wildman–Crippen LogP) is 2.25. The molecule has 1 rings (SSSR count). The number of carboxylic acid groups (broad SMARTS) is 1. The van der Waals surface area contributed by atoms with Crippen LogP contribution in [0.25, 0.3) is 0 Å². The molecule has 19 heavy (non-hydrogen) atoms. The molecule has 104 valence electrons. The van der Waals surface area contributed by atoms with Crippen molar-refractivity contribution in [2.75, 3.05) is 0 Å². The molecule has 2 N–H and O–H groups in total. The van der Waals surface area contributed by atoms with Gasteiger partial charge in [0, 0.05) is 0 Å². The van der Waals surface area contributed by atoms with Crippen molar-refractivity contribution in [2.24, 2.45) is 0 Å². The average molecular weight is 263 g/mol. The van der Waals surface area contributed by atoms with Gasteiger partial charge in [-0.3, -0.25) is 4.79 Å². The van der Waals surface area contributed by atoms with Gasteiger partial charge < -0.3 is 10.4 Å². The van der Waals surface area contributed by atoms with Crippen molar-refractivity contribution in [3.63, 3.8) is 0 Å². The van der Waals surface area contributed by atoms with Crippen LogP contribution in [0.2, 0.25) is 0 Å². The third-order valence-electron chi connectivity index (χ3n) is 3.35. The first-order valence-electron chi connectivity index (χ1n) is 6.40. The lowest BCUT2D eigenvalue weighted by atomic mass is 9.83. The summed E-state index contributed by atoms with van der Waals surface area (Å²) in [5.41, 5.74) is 1.24. The molecule has 0 fully saturated rings. The lowest BCUT2D eigenvalue weighted by molar-refractivity contribution is -0.142. The van der Waals surface area contributed by atoms with E-state index < -0.39 is 17.4 Å². The molecule has 0 aliphatic rings. The summed E-state index contributed by atoms with van der Waals surface area (Å²) in [5, 5.41) is 11.6. The smallest absolute Gasteiger partial charge is 0.326 e. The van der Waals surface area contributed by atoms with E-state index in [1.165, 1.54) is 0 Å². The van der Waals surface area contributed by atoms with Crippen LogP contribution >= 0.6 is 0 Å². The molecule has 4 nitrogen and oxygen atoms in total. The van der Waals surface area contributed by atoms with E-state index in [2.05, 4.69) is 5.32 Å². The number of benzene rings is 1. The minimum absolute atomic E-state index is 0.273. The van der Waals surface area contributed by atoms with E-state index in [0.29, 0.717) is 6.42 Å². The molecule has 1 aromatic carbocycles. The molecule has 1 unspecified atom stereocenters. The highest BCUT2D eigenvalue weighted by Gasteiger charge is 2.32. The first kappa shape index (κ1) is 15.2. The fourth-order valence-electron chi connectivity index (χ4n) is 1.78. The van der Waals surface area contributed by atoms with Crippen molar-refractivity contribution in [3.05, 3.63) is 35.4 Å². The molecule has 1 aromatic rings. The van der Waals surface area contributed by atoms with E-state index in [0.717, 1.165) is 11.1 Å². The summed E-state index contributed by atoms with van der Waals surface area (Å²) in [7, 11) is 0. The SMILES string of the molecule is CCC(NC(=O)C(C)(C)c1ccc(C)cc1)C(=O)O. The Balaban J connectivity index is 2.90. The summed E-state index contributed by atoms with van der Waals surface area (Å²) in [4.78, 5) is 23.2. The maximum atomic E-state index is 12.2. The van der Waals surface area contributed by atoms with Crippen LogP contribution in [0.4, 0.5) is 0 Å². The van der Waals surface area contributed by atoms with Gasteiger partial charge in [-0.05, 0) is 32.8 Å². The van der Waals surface area contributed by atoms with E-state index in [1.807, 2.05) is 31.2 Å². The zero-order chi connectivity index (χ0) is 14.6. The van der Waals surface area contributed by atoms with Crippen LogP contribution in [0, 0.1) is 6.92 Å². The fourth-order valence-corrected chi connectivity index (χ4v) is 1.78. The van der Waals surface area contributed by atoms with E-state index in [1.54, 1.807) is 20.8 Å². The second kappa shape index (κ2) is 5.87. The number of aryl methyl sites for hydroxylation is 1. The molecule has 0 bridgehead atoms. The lowest BCUT2D eigenvalue weighted by Gasteiger charge is -2.26. The lowest BCUT2D eigenvalue weighted by Crippen LogP contribution is -2.48. The Labute approximate surface area is 113 Å². The highest BCUT2D eigenvalue weighted by Crippen LogP contribution is 2.24. The normalized spacial score (nSPS) is 12.8. The van der Waals surface area contributed by atoms with Gasteiger partial charge in [-0.1, -0.05) is 36.8 Å². The van der Waals surface area contributed by atoms with Crippen LogP contribution in [0.15, 0.2) is 24.3 Å². The second-order valence-corrected chi connectivity index (χ2v) is 5.26. The fraction of sp³-hybridized carbons (Fsp3) is 0.467. The van der Waals surface area contributed by atoms with Crippen LogP contribution < -0.4 is 5.32 Å². The Hall–Kier alpha value is -1.84. The number of rotatable bonds is 5. The Morgan fingerprint density at radius 1 is 1.26 bits per heavy atom. The maximum absolute atomic E-state index is 12.2. The molecule has 0 radical (unpaired) electrons. The Morgan fingerprint density at radius 3 is 2.21 bits per heavy atom. The number of nitrogens with one attached hydrogen (secondary N) is 1. The molecule has 1 atom stereocenters. The number of carbonyl (C=O) groups is 2. The van der Waals surface area contributed by atoms with Crippen LogP contribution in [0.3, 0.4) is 0 Å². The number of hydrogen-bond acceptors (Lipinski definition) is 2. The van der Waals surface area contributed by atoms with Crippen LogP contribution in [-0.4, -0.2) is 23.0 Å². The maximum Gasteiger partial charge on any atom is 0.326 e. The summed E-state index contributed by atoms with van der Waals surface area (Å²) in [5.74, 6) is -1.28. The van der Waals surface area contributed by atoms with Crippen LogP contribution in [0.5, 0.6) is 0 Å². The van der Waals surface area contributed by atoms with Crippen LogP contribution in [-0.2, 0) is 15.0 Å². The zero-order valence-electron chi connectivity index (χ0n) is 11.9. The molecular weight excluding hydrogens is 242 g/mol. The Morgan fingerprint density at radius 2 is 1.79 bits per heavy atom. The third kappa shape index (κ3) is 3.56. The molecule has 0 aliphatic heterocycles. The van der Waals surface area contributed by atoms with Crippen molar-refractivity contribution < 1.29 is 14.7 Å². The summed E-state index contributed by atoms with van der Waals surface area (Å²) >= 11 is 0. The monoisotopic (exact) mass is 263 g/mol. The molecule has 0 spiro atoms. The van der Waals surface area contributed by atoms with Gasteiger partial charge in [0.1, 0.15) is 6.04 Å². The van der Waals surface area contributed by atoms with Crippen LogP contribution in [0.1, 0.15) is 38.3 Å². The summed E-state index contributed by atoms with van der Waals surface area (Å²) in [6, 6.07) is 6.85. The number of carbonyl (C=O) groups excluding carboxylic acids is 1. The van der Waals surface area contributed by atoms with Gasteiger partial charge in [0.2, 0.25) is 5.91 Å². The van der Waals surface area contributed by atoms with Crippen molar-refractivity contribution in [1.29, 1.82) is 0 Å². The van der Waals surface area contributed by atoms with E-state index in [9.17, 15) is 9.59 Å². The van der Waals surface area contributed by atoms with Gasteiger partial charge >= 0.3 is 5.97 Å². The van der Waals surface area contributed by atoms with Gasteiger partial charge in [-0.15, -0.1) is 0 Å². The quantitative estimate of drug-likeness (QED) is 0.856. The molecule has 0 heterocycles. The van der Waals surface area contributed by atoms with Gasteiger partial charge in [0.25, 0.3) is 0 Å². The largest absolute Gasteiger partial charge is 0.480 e. The van der Waals surface area contributed by atoms with Crippen molar-refractivity contribution in [2.45, 2.75) is 45.6 Å². The van der Waals surface area contributed by atoms with Crippen molar-refractivity contribution in [3.8, 4) is 0 Å². The molecule has 1 amide bonds. The standard InChI is InChI=1S/C15H21NO3/c1-5-12(13(17)18)16-14(19)15(3,4)11-8-6-10(2)7-9-11/h6-9,12H,5H2,1-4H3,(H,16,19)(H,17,18). The van der Waals surface area contributed by atoms with Crippen molar-refractivity contribution in [1.82, 2.24) is 5.32 Å². The minimum atomic E-state index is -1.00. The molecular formula is C15H21NO3. The highest BCUT2D eigenvalue weighted by molar-refractivity contribution is 5.90. The highest BCUT2D eigenvalue weighted by atomic mass is 16.4. The summed E-state index contributed by atoms with van der Waals surface area (Å²) in [6.07, 6.45) is 0.366. The number of aliphatic carboxylic acids is 1. The first-order valence-corrected chi connectivity index (χ1v) is 6.40. The molecule has 4 heteroatoms. The average Bonchev–Trinajstić information content (AvgIpc) is 2.35. The Bertz CT molecular complexity index is 463.